The molecule has 0 amide bonds. The third-order valence-corrected chi connectivity index (χ3v) is 3.18. The molecule has 1 rings (SSSR count). The standard InChI is InChI=1S/C10H11BrF4OSi/c1-17(2,3)16-9-5-7(11)8(12)4-6(9)10(13,14)15/h4-5H,1-3H3. The van der Waals surface area contributed by atoms with Gasteiger partial charge in [0.15, 0.2) is 0 Å². The van der Waals surface area contributed by atoms with E-state index in [0.29, 0.717) is 6.07 Å². The molecule has 0 spiro atoms. The van der Waals surface area contributed by atoms with Gasteiger partial charge in [0.2, 0.25) is 8.32 Å². The average molecular weight is 331 g/mol. The number of rotatable bonds is 2. The predicted molar refractivity (Wildman–Crippen MR) is 63.1 cm³/mol. The van der Waals surface area contributed by atoms with Gasteiger partial charge in [-0.2, -0.15) is 13.2 Å². The van der Waals surface area contributed by atoms with E-state index in [-0.39, 0.29) is 10.2 Å². The van der Waals surface area contributed by atoms with Crippen LogP contribution < -0.4 is 4.43 Å². The Morgan fingerprint density at radius 1 is 1.18 bits per heavy atom. The lowest BCUT2D eigenvalue weighted by Gasteiger charge is -2.22. The van der Waals surface area contributed by atoms with Crippen LogP contribution in [0.25, 0.3) is 0 Å². The fraction of sp³-hybridized carbons (Fsp3) is 0.400. The lowest BCUT2D eigenvalue weighted by atomic mass is 10.2. The molecule has 1 nitrogen and oxygen atoms in total. The molecule has 0 heterocycles. The molecule has 0 bridgehead atoms. The predicted octanol–water partition coefficient (Wildman–Crippen LogP) is 4.82. The van der Waals surface area contributed by atoms with Crippen LogP contribution in [0.15, 0.2) is 16.6 Å². The van der Waals surface area contributed by atoms with Gasteiger partial charge >= 0.3 is 6.18 Å². The van der Waals surface area contributed by atoms with Crippen molar-refractivity contribution in [3.05, 3.63) is 28.0 Å². The lowest BCUT2D eigenvalue weighted by Crippen LogP contribution is -2.30. The normalized spacial score (nSPS) is 12.7. The summed E-state index contributed by atoms with van der Waals surface area (Å²) in [6.45, 7) is 5.26. The highest BCUT2D eigenvalue weighted by Gasteiger charge is 2.36. The van der Waals surface area contributed by atoms with E-state index in [9.17, 15) is 17.6 Å². The van der Waals surface area contributed by atoms with E-state index in [4.69, 9.17) is 4.43 Å². The van der Waals surface area contributed by atoms with Crippen molar-refractivity contribution in [3.8, 4) is 5.75 Å². The Hall–Kier alpha value is -0.563. The minimum atomic E-state index is -4.63. The van der Waals surface area contributed by atoms with Crippen LogP contribution in [0.5, 0.6) is 5.75 Å². The molecule has 0 saturated heterocycles. The van der Waals surface area contributed by atoms with Crippen molar-refractivity contribution in [1.29, 1.82) is 0 Å². The summed E-state index contributed by atoms with van der Waals surface area (Å²) < 4.78 is 56.5. The summed E-state index contributed by atoms with van der Waals surface area (Å²) in [5.74, 6) is -1.29. The number of alkyl halides is 3. The smallest absolute Gasteiger partial charge is 0.420 e. The molecule has 1 aromatic carbocycles. The maximum absolute atomic E-state index is 13.1. The van der Waals surface area contributed by atoms with Crippen LogP contribution >= 0.6 is 15.9 Å². The Morgan fingerprint density at radius 2 is 1.71 bits per heavy atom. The zero-order valence-corrected chi connectivity index (χ0v) is 12.0. The Bertz CT molecular complexity index is 426. The highest BCUT2D eigenvalue weighted by molar-refractivity contribution is 9.10. The fourth-order valence-electron chi connectivity index (χ4n) is 1.16. The molecule has 0 radical (unpaired) electrons. The zero-order valence-electron chi connectivity index (χ0n) is 9.45. The number of benzene rings is 1. The Kier molecular flexibility index (Phi) is 3.93. The van der Waals surface area contributed by atoms with Crippen molar-refractivity contribution in [2.75, 3.05) is 0 Å². The third kappa shape index (κ3) is 3.99. The first-order valence-corrected chi connectivity index (χ1v) is 8.96. The molecular weight excluding hydrogens is 320 g/mol. The highest BCUT2D eigenvalue weighted by atomic mass is 79.9. The molecule has 0 N–H and O–H groups in total. The molecule has 1 aromatic rings. The first-order chi connectivity index (χ1) is 7.50. The zero-order chi connectivity index (χ0) is 13.4. The Labute approximate surface area is 106 Å². The van der Waals surface area contributed by atoms with Gasteiger partial charge in [-0.05, 0) is 47.7 Å². The van der Waals surface area contributed by atoms with Gasteiger partial charge in [0.05, 0.1) is 10.0 Å². The molecule has 17 heavy (non-hydrogen) atoms. The van der Waals surface area contributed by atoms with Gasteiger partial charge in [0.1, 0.15) is 11.6 Å². The Balaban J connectivity index is 3.32. The van der Waals surface area contributed by atoms with Crippen LogP contribution in [-0.2, 0) is 6.18 Å². The second kappa shape index (κ2) is 4.60. The SMILES string of the molecule is C[Si](C)(C)Oc1cc(Br)c(F)cc1C(F)(F)F. The van der Waals surface area contributed by atoms with E-state index >= 15 is 0 Å². The minimum absolute atomic E-state index is 0.0428. The molecule has 0 atom stereocenters. The van der Waals surface area contributed by atoms with E-state index in [1.807, 2.05) is 0 Å². The summed E-state index contributed by atoms with van der Waals surface area (Å²) in [4.78, 5) is 0. The van der Waals surface area contributed by atoms with Crippen LogP contribution in [0.3, 0.4) is 0 Å². The summed E-state index contributed by atoms with van der Waals surface area (Å²) in [6, 6.07) is 1.47. The molecule has 0 aliphatic carbocycles. The molecular formula is C10H11BrF4OSi. The number of hydrogen-bond donors (Lipinski definition) is 0. The minimum Gasteiger partial charge on any atom is -0.544 e. The van der Waals surface area contributed by atoms with Crippen molar-refractivity contribution in [2.45, 2.75) is 25.8 Å². The van der Waals surface area contributed by atoms with Crippen LogP contribution in [-0.4, -0.2) is 8.32 Å². The lowest BCUT2D eigenvalue weighted by molar-refractivity contribution is -0.138. The van der Waals surface area contributed by atoms with E-state index in [2.05, 4.69) is 15.9 Å². The van der Waals surface area contributed by atoms with Crippen molar-refractivity contribution in [3.63, 3.8) is 0 Å². The van der Waals surface area contributed by atoms with Gasteiger partial charge < -0.3 is 4.43 Å². The molecule has 96 valence electrons. The second-order valence-electron chi connectivity index (χ2n) is 4.47. The molecule has 0 saturated carbocycles. The fourth-order valence-corrected chi connectivity index (χ4v) is 2.32. The van der Waals surface area contributed by atoms with Crippen molar-refractivity contribution >= 4 is 24.2 Å². The summed E-state index contributed by atoms with van der Waals surface area (Å²) in [5.41, 5.74) is -1.08. The van der Waals surface area contributed by atoms with Gasteiger partial charge in [0, 0.05) is 0 Å². The molecule has 0 aliphatic rings. The summed E-state index contributed by atoms with van der Waals surface area (Å²) in [6.07, 6.45) is -4.63. The van der Waals surface area contributed by atoms with Crippen molar-refractivity contribution in [2.24, 2.45) is 0 Å². The maximum Gasteiger partial charge on any atom is 0.420 e. The van der Waals surface area contributed by atoms with E-state index in [1.165, 1.54) is 0 Å². The molecule has 0 unspecified atom stereocenters. The van der Waals surface area contributed by atoms with Crippen LogP contribution in [0.4, 0.5) is 17.6 Å². The largest absolute Gasteiger partial charge is 0.544 e. The summed E-state index contributed by atoms with van der Waals surface area (Å²) >= 11 is 2.85. The van der Waals surface area contributed by atoms with Gasteiger partial charge in [-0.3, -0.25) is 0 Å². The van der Waals surface area contributed by atoms with Crippen LogP contribution in [0.1, 0.15) is 5.56 Å². The summed E-state index contributed by atoms with van der Waals surface area (Å²) in [7, 11) is -2.19. The average Bonchev–Trinajstić information content (AvgIpc) is 2.06. The first kappa shape index (κ1) is 14.5. The second-order valence-corrected chi connectivity index (χ2v) is 9.76. The van der Waals surface area contributed by atoms with Gasteiger partial charge in [-0.25, -0.2) is 4.39 Å². The first-order valence-electron chi connectivity index (χ1n) is 4.76. The molecule has 0 aliphatic heterocycles. The summed E-state index contributed by atoms with van der Waals surface area (Å²) in [5, 5.41) is 0. The maximum atomic E-state index is 13.1. The molecule has 7 heteroatoms. The third-order valence-electron chi connectivity index (χ3n) is 1.74. The van der Waals surface area contributed by atoms with Gasteiger partial charge in [0.25, 0.3) is 0 Å². The van der Waals surface area contributed by atoms with Gasteiger partial charge in [-0.1, -0.05) is 0 Å². The molecule has 0 fully saturated rings. The van der Waals surface area contributed by atoms with Crippen molar-refractivity contribution < 1.29 is 22.0 Å². The van der Waals surface area contributed by atoms with Crippen LogP contribution in [0, 0.1) is 5.82 Å². The van der Waals surface area contributed by atoms with E-state index < -0.39 is 25.9 Å². The van der Waals surface area contributed by atoms with Gasteiger partial charge in [-0.15, -0.1) is 0 Å². The monoisotopic (exact) mass is 330 g/mol. The number of hydrogen-bond acceptors (Lipinski definition) is 1. The quantitative estimate of drug-likeness (QED) is 0.558. The van der Waals surface area contributed by atoms with Crippen molar-refractivity contribution in [1.82, 2.24) is 0 Å². The number of halogens is 5. The molecule has 0 aromatic heterocycles. The Morgan fingerprint density at radius 3 is 2.12 bits per heavy atom. The highest BCUT2D eigenvalue weighted by Crippen LogP contribution is 2.39. The van der Waals surface area contributed by atoms with E-state index in [0.717, 1.165) is 6.07 Å². The van der Waals surface area contributed by atoms with Crippen LogP contribution in [0.2, 0.25) is 19.6 Å². The van der Waals surface area contributed by atoms with E-state index in [1.54, 1.807) is 19.6 Å². The topological polar surface area (TPSA) is 9.23 Å².